The molecule has 0 aliphatic carbocycles. The molecule has 20 heavy (non-hydrogen) atoms. The standard InChI is InChI=1S/C12H17BrN4OS.ClH/c1-12(2,14)11-15-10(18-16-11)6-17(3)5-8-4-9(13)19-7-8;/h4,7H,5-6,14H2,1-3H3;1H. The number of hydrogen-bond donors (Lipinski definition) is 1. The van der Waals surface area contributed by atoms with Crippen LogP contribution in [-0.2, 0) is 18.6 Å². The molecule has 2 N–H and O–H groups in total. The zero-order valence-electron chi connectivity index (χ0n) is 11.6. The molecule has 0 amide bonds. The lowest BCUT2D eigenvalue weighted by Gasteiger charge is -2.13. The van der Waals surface area contributed by atoms with Gasteiger partial charge in [0.25, 0.3) is 0 Å². The van der Waals surface area contributed by atoms with Crippen LogP contribution in [0.25, 0.3) is 0 Å². The minimum Gasteiger partial charge on any atom is -0.338 e. The molecule has 0 unspecified atom stereocenters. The van der Waals surface area contributed by atoms with Gasteiger partial charge in [0.2, 0.25) is 5.89 Å². The number of thiophene rings is 1. The Bertz CT molecular complexity index is 552. The Morgan fingerprint density at radius 3 is 2.65 bits per heavy atom. The van der Waals surface area contributed by atoms with Gasteiger partial charge in [-0.15, -0.1) is 23.7 Å². The fourth-order valence-electron chi connectivity index (χ4n) is 1.61. The average Bonchev–Trinajstić information content (AvgIpc) is 2.87. The fourth-order valence-corrected chi connectivity index (χ4v) is 2.81. The Labute approximate surface area is 137 Å². The third-order valence-corrected chi connectivity index (χ3v) is 4.08. The molecule has 2 rings (SSSR count). The van der Waals surface area contributed by atoms with Gasteiger partial charge in [0, 0.05) is 6.54 Å². The first kappa shape index (κ1) is 17.6. The summed E-state index contributed by atoms with van der Waals surface area (Å²) in [5.74, 6) is 1.12. The van der Waals surface area contributed by atoms with Crippen molar-refractivity contribution < 1.29 is 4.52 Å². The molecule has 2 aromatic rings. The van der Waals surface area contributed by atoms with Crippen molar-refractivity contribution >= 4 is 39.7 Å². The van der Waals surface area contributed by atoms with Crippen LogP contribution >= 0.6 is 39.7 Å². The normalized spacial score (nSPS) is 11.7. The van der Waals surface area contributed by atoms with Crippen LogP contribution in [0.4, 0.5) is 0 Å². The van der Waals surface area contributed by atoms with E-state index in [4.69, 9.17) is 10.3 Å². The van der Waals surface area contributed by atoms with Crippen LogP contribution in [0.2, 0.25) is 0 Å². The van der Waals surface area contributed by atoms with E-state index in [9.17, 15) is 0 Å². The van der Waals surface area contributed by atoms with Crippen LogP contribution in [0.1, 0.15) is 31.1 Å². The Kier molecular flexibility index (Phi) is 6.15. The van der Waals surface area contributed by atoms with Gasteiger partial charge in [0.15, 0.2) is 5.82 Å². The van der Waals surface area contributed by atoms with Gasteiger partial charge in [-0.25, -0.2) is 0 Å². The van der Waals surface area contributed by atoms with Crippen molar-refractivity contribution in [3.63, 3.8) is 0 Å². The maximum atomic E-state index is 5.92. The Morgan fingerprint density at radius 1 is 1.45 bits per heavy atom. The van der Waals surface area contributed by atoms with Gasteiger partial charge < -0.3 is 10.3 Å². The van der Waals surface area contributed by atoms with Crippen molar-refractivity contribution in [3.8, 4) is 0 Å². The van der Waals surface area contributed by atoms with Gasteiger partial charge in [-0.05, 0) is 53.8 Å². The summed E-state index contributed by atoms with van der Waals surface area (Å²) in [7, 11) is 2.02. The average molecular weight is 382 g/mol. The second-order valence-electron chi connectivity index (χ2n) is 5.16. The summed E-state index contributed by atoms with van der Waals surface area (Å²) in [4.78, 5) is 6.44. The molecule has 0 atom stereocenters. The molecule has 0 saturated heterocycles. The quantitative estimate of drug-likeness (QED) is 0.861. The lowest BCUT2D eigenvalue weighted by atomic mass is 10.1. The number of nitrogens with zero attached hydrogens (tertiary/aromatic N) is 3. The van der Waals surface area contributed by atoms with Crippen molar-refractivity contribution in [3.05, 3.63) is 32.5 Å². The van der Waals surface area contributed by atoms with Gasteiger partial charge in [0.05, 0.1) is 15.9 Å². The molecule has 0 radical (unpaired) electrons. The Hall–Kier alpha value is -0.470. The topological polar surface area (TPSA) is 68.2 Å². The molecule has 0 fully saturated rings. The van der Waals surface area contributed by atoms with Gasteiger partial charge in [0.1, 0.15) is 0 Å². The Morgan fingerprint density at radius 2 is 2.15 bits per heavy atom. The van der Waals surface area contributed by atoms with E-state index in [1.807, 2.05) is 20.9 Å². The van der Waals surface area contributed by atoms with Crippen LogP contribution in [-0.4, -0.2) is 22.1 Å². The minimum atomic E-state index is -0.571. The highest BCUT2D eigenvalue weighted by Gasteiger charge is 2.21. The molecular weight excluding hydrogens is 364 g/mol. The summed E-state index contributed by atoms with van der Waals surface area (Å²) < 4.78 is 6.35. The van der Waals surface area contributed by atoms with E-state index in [1.54, 1.807) is 11.3 Å². The number of nitrogens with two attached hydrogens (primary N) is 1. The third kappa shape index (κ3) is 4.82. The highest BCUT2D eigenvalue weighted by molar-refractivity contribution is 9.11. The van der Waals surface area contributed by atoms with Crippen molar-refractivity contribution in [2.75, 3.05) is 7.05 Å². The molecule has 0 aromatic carbocycles. The number of halogens is 2. The largest absolute Gasteiger partial charge is 0.338 e. The molecule has 0 saturated carbocycles. The predicted molar refractivity (Wildman–Crippen MR) is 85.9 cm³/mol. The van der Waals surface area contributed by atoms with Gasteiger partial charge >= 0.3 is 0 Å². The summed E-state index contributed by atoms with van der Waals surface area (Å²) in [6.45, 7) is 5.16. The van der Waals surface area contributed by atoms with E-state index in [0.29, 0.717) is 18.3 Å². The van der Waals surface area contributed by atoms with Crippen molar-refractivity contribution in [2.45, 2.75) is 32.5 Å². The SMILES string of the molecule is CN(Cc1csc(Br)c1)Cc1nc(C(C)(C)N)no1.Cl. The van der Waals surface area contributed by atoms with Crippen LogP contribution in [0.3, 0.4) is 0 Å². The fraction of sp³-hybridized carbons (Fsp3) is 0.500. The first-order valence-electron chi connectivity index (χ1n) is 5.88. The van der Waals surface area contributed by atoms with Gasteiger partial charge in [-0.1, -0.05) is 5.16 Å². The maximum Gasteiger partial charge on any atom is 0.240 e. The monoisotopic (exact) mass is 380 g/mol. The maximum absolute atomic E-state index is 5.92. The third-order valence-electron chi connectivity index (χ3n) is 2.52. The first-order chi connectivity index (χ1) is 8.84. The Balaban J connectivity index is 0.00000200. The minimum absolute atomic E-state index is 0. The second kappa shape index (κ2) is 7.00. The lowest BCUT2D eigenvalue weighted by Crippen LogP contribution is -2.30. The molecule has 0 aliphatic rings. The van der Waals surface area contributed by atoms with Crippen LogP contribution in [0.15, 0.2) is 19.8 Å². The second-order valence-corrected chi connectivity index (χ2v) is 7.46. The highest BCUT2D eigenvalue weighted by atomic mass is 79.9. The zero-order chi connectivity index (χ0) is 14.0. The summed E-state index contributed by atoms with van der Waals surface area (Å²) in [6, 6.07) is 2.11. The van der Waals surface area contributed by atoms with E-state index < -0.39 is 5.54 Å². The zero-order valence-corrected chi connectivity index (χ0v) is 14.8. The molecule has 0 aliphatic heterocycles. The van der Waals surface area contributed by atoms with Crippen molar-refractivity contribution in [1.29, 1.82) is 0 Å². The summed E-state index contributed by atoms with van der Waals surface area (Å²) in [6.07, 6.45) is 0. The van der Waals surface area contributed by atoms with E-state index in [1.165, 1.54) is 5.56 Å². The summed E-state index contributed by atoms with van der Waals surface area (Å²) in [5, 5.41) is 6.04. The van der Waals surface area contributed by atoms with Crippen molar-refractivity contribution in [1.82, 2.24) is 15.0 Å². The number of rotatable bonds is 5. The smallest absolute Gasteiger partial charge is 0.240 e. The molecule has 0 bridgehead atoms. The van der Waals surface area contributed by atoms with Crippen LogP contribution < -0.4 is 5.73 Å². The number of hydrogen-bond acceptors (Lipinski definition) is 6. The molecule has 2 aromatic heterocycles. The highest BCUT2D eigenvalue weighted by Crippen LogP contribution is 2.22. The van der Waals surface area contributed by atoms with Gasteiger partial charge in [-0.3, -0.25) is 4.90 Å². The molecule has 2 heterocycles. The van der Waals surface area contributed by atoms with E-state index in [0.717, 1.165) is 10.3 Å². The van der Waals surface area contributed by atoms with E-state index in [2.05, 4.69) is 42.4 Å². The van der Waals surface area contributed by atoms with Crippen LogP contribution in [0, 0.1) is 0 Å². The summed E-state index contributed by atoms with van der Waals surface area (Å²) >= 11 is 5.14. The van der Waals surface area contributed by atoms with Crippen molar-refractivity contribution in [2.24, 2.45) is 5.73 Å². The first-order valence-corrected chi connectivity index (χ1v) is 7.55. The summed E-state index contributed by atoms with van der Waals surface area (Å²) in [5.41, 5.74) is 6.62. The van der Waals surface area contributed by atoms with E-state index in [-0.39, 0.29) is 12.4 Å². The lowest BCUT2D eigenvalue weighted by molar-refractivity contribution is 0.259. The molecular formula is C12H18BrClN4OS. The van der Waals surface area contributed by atoms with E-state index >= 15 is 0 Å². The molecule has 5 nitrogen and oxygen atoms in total. The molecule has 8 heteroatoms. The number of aromatic nitrogens is 2. The van der Waals surface area contributed by atoms with Crippen LogP contribution in [0.5, 0.6) is 0 Å². The molecule has 112 valence electrons. The molecule has 0 spiro atoms. The predicted octanol–water partition coefficient (Wildman–Crippen LogP) is 3.14. The van der Waals surface area contributed by atoms with Gasteiger partial charge in [-0.2, -0.15) is 4.98 Å².